The van der Waals surface area contributed by atoms with Crippen molar-refractivity contribution in [1.82, 2.24) is 4.98 Å². The predicted octanol–water partition coefficient (Wildman–Crippen LogP) is 4.63. The van der Waals surface area contributed by atoms with E-state index in [1.165, 1.54) is 5.56 Å². The molecule has 0 amide bonds. The molecule has 2 heteroatoms. The Morgan fingerprint density at radius 3 is 2.50 bits per heavy atom. The van der Waals surface area contributed by atoms with E-state index in [0.29, 0.717) is 5.92 Å². The van der Waals surface area contributed by atoms with E-state index < -0.39 is 0 Å². The number of halogens is 1. The maximum absolute atomic E-state index is 6.45. The topological polar surface area (TPSA) is 12.9 Å². The maximum Gasteiger partial charge on any atom is 0.0723 e. The first-order valence-electron chi connectivity index (χ1n) is 5.57. The standard InChI is InChI=1S/C14H16ClN/c1-8(2)13-10(4)16-12-7-9(3)5-6-11(12)14(13)15/h5-8H,1-4H3. The molecule has 1 aromatic carbocycles. The van der Waals surface area contributed by atoms with Crippen LogP contribution in [0.1, 0.15) is 36.6 Å². The van der Waals surface area contributed by atoms with Crippen molar-refractivity contribution in [2.24, 2.45) is 0 Å². The lowest BCUT2D eigenvalue weighted by molar-refractivity contribution is 0.848. The molecule has 0 fully saturated rings. The van der Waals surface area contributed by atoms with Crippen LogP contribution < -0.4 is 0 Å². The van der Waals surface area contributed by atoms with Gasteiger partial charge in [0.05, 0.1) is 10.5 Å². The fraction of sp³-hybridized carbons (Fsp3) is 0.357. The third kappa shape index (κ3) is 1.80. The first-order valence-corrected chi connectivity index (χ1v) is 5.95. The van der Waals surface area contributed by atoms with Gasteiger partial charge in [0.25, 0.3) is 0 Å². The van der Waals surface area contributed by atoms with Crippen LogP contribution in [-0.2, 0) is 0 Å². The maximum atomic E-state index is 6.45. The number of pyridine rings is 1. The Hall–Kier alpha value is -1.08. The first kappa shape index (κ1) is 11.4. The summed E-state index contributed by atoms with van der Waals surface area (Å²) in [6.45, 7) is 8.40. The van der Waals surface area contributed by atoms with Gasteiger partial charge in [-0.05, 0) is 37.0 Å². The van der Waals surface area contributed by atoms with E-state index >= 15 is 0 Å². The van der Waals surface area contributed by atoms with E-state index in [1.54, 1.807) is 0 Å². The van der Waals surface area contributed by atoms with Gasteiger partial charge in [0.1, 0.15) is 0 Å². The van der Waals surface area contributed by atoms with Crippen molar-refractivity contribution < 1.29 is 0 Å². The Labute approximate surface area is 101 Å². The molecule has 0 radical (unpaired) electrons. The van der Waals surface area contributed by atoms with E-state index in [4.69, 9.17) is 11.6 Å². The van der Waals surface area contributed by atoms with Gasteiger partial charge < -0.3 is 0 Å². The molecular formula is C14H16ClN. The summed E-state index contributed by atoms with van der Waals surface area (Å²) in [5.41, 5.74) is 4.41. The second kappa shape index (κ2) is 4.06. The average Bonchev–Trinajstić information content (AvgIpc) is 2.15. The van der Waals surface area contributed by atoms with Crippen LogP contribution in [0, 0.1) is 13.8 Å². The van der Waals surface area contributed by atoms with Gasteiger partial charge in [0, 0.05) is 11.1 Å². The molecule has 0 spiro atoms. The highest BCUT2D eigenvalue weighted by molar-refractivity contribution is 6.36. The zero-order valence-corrected chi connectivity index (χ0v) is 10.9. The molecule has 2 aromatic rings. The summed E-state index contributed by atoms with van der Waals surface area (Å²) in [7, 11) is 0. The van der Waals surface area contributed by atoms with Gasteiger partial charge in [-0.2, -0.15) is 0 Å². The normalized spacial score (nSPS) is 11.4. The summed E-state index contributed by atoms with van der Waals surface area (Å²) in [6, 6.07) is 6.22. The third-order valence-corrected chi connectivity index (χ3v) is 3.29. The molecule has 0 unspecified atom stereocenters. The summed E-state index contributed by atoms with van der Waals surface area (Å²) >= 11 is 6.45. The van der Waals surface area contributed by atoms with Crippen molar-refractivity contribution in [1.29, 1.82) is 0 Å². The Morgan fingerprint density at radius 1 is 1.19 bits per heavy atom. The molecule has 2 rings (SSSR count). The van der Waals surface area contributed by atoms with Crippen molar-refractivity contribution in [3.8, 4) is 0 Å². The number of hydrogen-bond donors (Lipinski definition) is 0. The minimum Gasteiger partial charge on any atom is -0.253 e. The molecule has 0 N–H and O–H groups in total. The lowest BCUT2D eigenvalue weighted by Crippen LogP contribution is -1.98. The van der Waals surface area contributed by atoms with Crippen molar-refractivity contribution in [3.05, 3.63) is 40.0 Å². The summed E-state index contributed by atoms with van der Waals surface area (Å²) in [5, 5.41) is 1.92. The Kier molecular flexibility index (Phi) is 2.90. The van der Waals surface area contributed by atoms with Crippen molar-refractivity contribution in [2.45, 2.75) is 33.6 Å². The van der Waals surface area contributed by atoms with Gasteiger partial charge in [-0.1, -0.05) is 37.6 Å². The second-order valence-corrected chi connectivity index (χ2v) is 4.98. The summed E-state index contributed by atoms with van der Waals surface area (Å²) < 4.78 is 0. The molecule has 0 saturated carbocycles. The number of hydrogen-bond acceptors (Lipinski definition) is 1. The van der Waals surface area contributed by atoms with Crippen molar-refractivity contribution in [3.63, 3.8) is 0 Å². The van der Waals surface area contributed by atoms with Crippen molar-refractivity contribution >= 4 is 22.5 Å². The second-order valence-electron chi connectivity index (χ2n) is 4.60. The monoisotopic (exact) mass is 233 g/mol. The van der Waals surface area contributed by atoms with Crippen LogP contribution in [0.2, 0.25) is 5.02 Å². The zero-order valence-electron chi connectivity index (χ0n) is 10.1. The van der Waals surface area contributed by atoms with Crippen molar-refractivity contribution in [2.75, 3.05) is 0 Å². The highest BCUT2D eigenvalue weighted by Crippen LogP contribution is 2.33. The summed E-state index contributed by atoms with van der Waals surface area (Å²) in [4.78, 5) is 4.63. The number of rotatable bonds is 1. The molecule has 0 aliphatic rings. The molecule has 1 aromatic heterocycles. The largest absolute Gasteiger partial charge is 0.253 e. The van der Waals surface area contributed by atoms with E-state index in [0.717, 1.165) is 27.2 Å². The third-order valence-electron chi connectivity index (χ3n) is 2.88. The quantitative estimate of drug-likeness (QED) is 0.700. The van der Waals surface area contributed by atoms with Gasteiger partial charge in [-0.15, -0.1) is 0 Å². The lowest BCUT2D eigenvalue weighted by Gasteiger charge is -2.14. The predicted molar refractivity (Wildman–Crippen MR) is 70.3 cm³/mol. The number of benzene rings is 1. The minimum absolute atomic E-state index is 0.408. The lowest BCUT2D eigenvalue weighted by atomic mass is 9.99. The van der Waals surface area contributed by atoms with Crippen LogP contribution in [0.25, 0.3) is 10.9 Å². The SMILES string of the molecule is Cc1ccc2c(Cl)c(C(C)C)c(C)nc2c1. The first-order chi connectivity index (χ1) is 7.50. The molecule has 0 atom stereocenters. The highest BCUT2D eigenvalue weighted by Gasteiger charge is 2.13. The molecule has 16 heavy (non-hydrogen) atoms. The van der Waals surface area contributed by atoms with Gasteiger partial charge in [0.15, 0.2) is 0 Å². The van der Waals surface area contributed by atoms with Crippen LogP contribution in [0.3, 0.4) is 0 Å². The fourth-order valence-electron chi connectivity index (χ4n) is 2.14. The van der Waals surface area contributed by atoms with Crippen LogP contribution in [0.5, 0.6) is 0 Å². The van der Waals surface area contributed by atoms with E-state index in [1.807, 2.05) is 6.92 Å². The zero-order chi connectivity index (χ0) is 11.9. The van der Waals surface area contributed by atoms with E-state index in [2.05, 4.69) is 44.0 Å². The molecule has 0 aliphatic carbocycles. The molecule has 0 saturated heterocycles. The highest BCUT2D eigenvalue weighted by atomic mass is 35.5. The summed E-state index contributed by atoms with van der Waals surface area (Å²) in [6.07, 6.45) is 0. The number of fused-ring (bicyclic) bond motifs is 1. The Morgan fingerprint density at radius 2 is 1.88 bits per heavy atom. The van der Waals surface area contributed by atoms with Crippen LogP contribution in [0.4, 0.5) is 0 Å². The van der Waals surface area contributed by atoms with Gasteiger partial charge >= 0.3 is 0 Å². The fourth-order valence-corrected chi connectivity index (χ4v) is 2.65. The van der Waals surface area contributed by atoms with Crippen LogP contribution in [0.15, 0.2) is 18.2 Å². The van der Waals surface area contributed by atoms with Gasteiger partial charge in [0.2, 0.25) is 0 Å². The van der Waals surface area contributed by atoms with E-state index in [-0.39, 0.29) is 0 Å². The summed E-state index contributed by atoms with van der Waals surface area (Å²) in [5.74, 6) is 0.408. The average molecular weight is 234 g/mol. The molecule has 1 heterocycles. The van der Waals surface area contributed by atoms with E-state index in [9.17, 15) is 0 Å². The molecule has 1 nitrogen and oxygen atoms in total. The van der Waals surface area contributed by atoms with Crippen LogP contribution >= 0.6 is 11.6 Å². The minimum atomic E-state index is 0.408. The number of nitrogens with zero attached hydrogens (tertiary/aromatic N) is 1. The molecule has 84 valence electrons. The van der Waals surface area contributed by atoms with Gasteiger partial charge in [-0.3, -0.25) is 4.98 Å². The Bertz CT molecular complexity index is 544. The number of aryl methyl sites for hydroxylation is 2. The van der Waals surface area contributed by atoms with Gasteiger partial charge in [-0.25, -0.2) is 0 Å². The van der Waals surface area contributed by atoms with Crippen LogP contribution in [-0.4, -0.2) is 4.98 Å². The molecule has 0 aliphatic heterocycles. The Balaban J connectivity index is 2.83. The number of aromatic nitrogens is 1. The molecule has 0 bridgehead atoms. The smallest absolute Gasteiger partial charge is 0.0723 e. The molecular weight excluding hydrogens is 218 g/mol.